The summed E-state index contributed by atoms with van der Waals surface area (Å²) in [6.07, 6.45) is 1.59. The summed E-state index contributed by atoms with van der Waals surface area (Å²) in [4.78, 5) is 15.5. The van der Waals surface area contributed by atoms with Crippen molar-refractivity contribution in [1.29, 1.82) is 0 Å². The molecule has 1 aromatic heterocycles. The number of hydrogen-bond donors (Lipinski definition) is 1. The van der Waals surface area contributed by atoms with Crippen molar-refractivity contribution in [3.05, 3.63) is 79.4 Å². The Morgan fingerprint density at radius 2 is 1.97 bits per heavy atom. The Labute approximate surface area is 196 Å². The molecule has 4 aromatic rings. The third-order valence-electron chi connectivity index (χ3n) is 5.62. The van der Waals surface area contributed by atoms with E-state index < -0.39 is 0 Å². The van der Waals surface area contributed by atoms with E-state index in [0.717, 1.165) is 11.1 Å². The molecule has 2 heterocycles. The maximum Gasteiger partial charge on any atom is 0.349 e. The molecule has 1 aliphatic heterocycles. The quantitative estimate of drug-likeness (QED) is 0.327. The van der Waals surface area contributed by atoms with Crippen molar-refractivity contribution in [2.24, 2.45) is 5.10 Å². The van der Waals surface area contributed by atoms with E-state index in [2.05, 4.69) is 16.8 Å². The predicted molar refractivity (Wildman–Crippen MR) is 134 cm³/mol. The van der Waals surface area contributed by atoms with Crippen LogP contribution in [0.4, 0.5) is 22.0 Å². The number of benzene rings is 3. The molecule has 0 bridgehead atoms. The fourth-order valence-corrected chi connectivity index (χ4v) is 3.83. The zero-order valence-electron chi connectivity index (χ0n) is 18.6. The fourth-order valence-electron chi connectivity index (χ4n) is 3.83. The average Bonchev–Trinajstić information content (AvgIpc) is 3.26. The van der Waals surface area contributed by atoms with Crippen LogP contribution in [-0.4, -0.2) is 30.1 Å². The Morgan fingerprint density at radius 3 is 2.76 bits per heavy atom. The molecule has 8 nitrogen and oxygen atoms in total. The number of hydrazone groups is 1. The van der Waals surface area contributed by atoms with E-state index in [9.17, 15) is 4.79 Å². The summed E-state index contributed by atoms with van der Waals surface area (Å²) in [7, 11) is 0. The Bertz CT molecular complexity index is 1410. The summed E-state index contributed by atoms with van der Waals surface area (Å²) in [5, 5.41) is 10.2. The van der Waals surface area contributed by atoms with E-state index in [0.29, 0.717) is 47.0 Å². The van der Waals surface area contributed by atoms with Gasteiger partial charge < -0.3 is 15.0 Å². The zero-order valence-corrected chi connectivity index (χ0v) is 18.6. The van der Waals surface area contributed by atoms with Crippen LogP contribution in [0.3, 0.4) is 0 Å². The molecule has 0 spiro atoms. The molecule has 170 valence electrons. The summed E-state index contributed by atoms with van der Waals surface area (Å²) in [6, 6.07) is 20.7. The number of ether oxygens (including phenoxy) is 1. The van der Waals surface area contributed by atoms with E-state index in [-0.39, 0.29) is 11.8 Å². The monoisotopic (exact) mass is 453 g/mol. The minimum absolute atomic E-state index is 0.249. The summed E-state index contributed by atoms with van der Waals surface area (Å²) in [5.74, 6) is 0.892. The van der Waals surface area contributed by atoms with Gasteiger partial charge in [0.1, 0.15) is 12.4 Å². The van der Waals surface area contributed by atoms with Crippen LogP contribution in [0, 0.1) is 0 Å². The second kappa shape index (κ2) is 8.74. The first kappa shape index (κ1) is 21.3. The molecule has 0 saturated heterocycles. The van der Waals surface area contributed by atoms with Crippen molar-refractivity contribution in [3.8, 4) is 16.9 Å². The molecular weight excluding hydrogens is 430 g/mol. The normalized spacial score (nSPS) is 13.3. The van der Waals surface area contributed by atoms with Crippen molar-refractivity contribution in [3.63, 3.8) is 0 Å². The molecule has 5 rings (SSSR count). The maximum absolute atomic E-state index is 13.8. The number of allylic oxidation sites excluding steroid dienone is 1. The molecule has 34 heavy (non-hydrogen) atoms. The van der Waals surface area contributed by atoms with Gasteiger partial charge in [0.25, 0.3) is 0 Å². The van der Waals surface area contributed by atoms with Gasteiger partial charge in [-0.05, 0) is 54.5 Å². The Morgan fingerprint density at radius 1 is 1.15 bits per heavy atom. The summed E-state index contributed by atoms with van der Waals surface area (Å²) in [5.41, 5.74) is 10.3. The van der Waals surface area contributed by atoms with Crippen molar-refractivity contribution >= 4 is 39.9 Å². The van der Waals surface area contributed by atoms with Crippen LogP contribution < -0.4 is 20.4 Å². The SMILES string of the molecule is C=C/C(C)=N\N(C(=O)N1CCOc2cc(-c3ccccc3)ccc21)c1ccc2onc(N)c2c1. The van der Waals surface area contributed by atoms with Gasteiger partial charge in [-0.15, -0.1) is 0 Å². The zero-order chi connectivity index (χ0) is 23.7. The molecule has 2 amide bonds. The second-order valence-electron chi connectivity index (χ2n) is 7.84. The average molecular weight is 454 g/mol. The van der Waals surface area contributed by atoms with Crippen molar-refractivity contribution in [1.82, 2.24) is 5.16 Å². The van der Waals surface area contributed by atoms with E-state index in [1.165, 1.54) is 5.01 Å². The molecule has 2 N–H and O–H groups in total. The Balaban J connectivity index is 1.54. The van der Waals surface area contributed by atoms with Gasteiger partial charge in [-0.3, -0.25) is 4.90 Å². The number of amides is 2. The van der Waals surface area contributed by atoms with Gasteiger partial charge in [0, 0.05) is 0 Å². The van der Waals surface area contributed by atoms with E-state index in [4.69, 9.17) is 15.0 Å². The number of hydrogen-bond acceptors (Lipinski definition) is 6. The van der Waals surface area contributed by atoms with Crippen LogP contribution in [0.25, 0.3) is 22.1 Å². The molecule has 0 atom stereocenters. The number of anilines is 3. The van der Waals surface area contributed by atoms with Crippen LogP contribution in [0.5, 0.6) is 5.75 Å². The van der Waals surface area contributed by atoms with Crippen molar-refractivity contribution < 1.29 is 14.1 Å². The number of rotatable bonds is 4. The summed E-state index contributed by atoms with van der Waals surface area (Å²) < 4.78 is 11.1. The third-order valence-corrected chi connectivity index (χ3v) is 5.62. The lowest BCUT2D eigenvalue weighted by molar-refractivity contribution is 0.245. The van der Waals surface area contributed by atoms with Gasteiger partial charge in [-0.25, -0.2) is 4.79 Å². The van der Waals surface area contributed by atoms with Crippen LogP contribution in [0.1, 0.15) is 6.92 Å². The number of fused-ring (bicyclic) bond motifs is 2. The highest BCUT2D eigenvalue weighted by Gasteiger charge is 2.29. The molecule has 0 aliphatic carbocycles. The van der Waals surface area contributed by atoms with Gasteiger partial charge in [-0.2, -0.15) is 10.1 Å². The number of nitrogens with two attached hydrogens (primary N) is 1. The first-order valence-corrected chi connectivity index (χ1v) is 10.8. The number of aromatic nitrogens is 1. The third kappa shape index (κ3) is 3.86. The number of urea groups is 1. The summed E-state index contributed by atoms with van der Waals surface area (Å²) >= 11 is 0. The molecule has 8 heteroatoms. The molecule has 1 aliphatic rings. The first-order chi connectivity index (χ1) is 16.5. The van der Waals surface area contributed by atoms with Crippen molar-refractivity contribution in [2.75, 3.05) is 28.8 Å². The van der Waals surface area contributed by atoms with Crippen molar-refractivity contribution in [2.45, 2.75) is 6.92 Å². The highest BCUT2D eigenvalue weighted by Crippen LogP contribution is 2.37. The van der Waals surface area contributed by atoms with Crippen LogP contribution in [0.2, 0.25) is 0 Å². The molecule has 0 fully saturated rings. The first-order valence-electron chi connectivity index (χ1n) is 10.8. The molecule has 0 saturated carbocycles. The Kier molecular flexibility index (Phi) is 5.47. The fraction of sp³-hybridized carbons (Fsp3) is 0.115. The highest BCUT2D eigenvalue weighted by atomic mass is 16.5. The second-order valence-corrected chi connectivity index (χ2v) is 7.84. The van der Waals surface area contributed by atoms with Gasteiger partial charge in [-0.1, -0.05) is 48.1 Å². The Hall–Kier alpha value is -4.59. The standard InChI is InChI=1S/C26H23N5O3/c1-3-17(2)28-31(20-10-12-23-21(16-20)25(27)29-34-23)26(32)30-13-14-33-24-15-19(9-11-22(24)30)18-7-5-4-6-8-18/h3-12,15-16H,1,13-14H2,2H3,(H2,27,29)/b28-17-. The number of nitrogen functional groups attached to an aromatic ring is 1. The lowest BCUT2D eigenvalue weighted by Crippen LogP contribution is -2.45. The smallest absolute Gasteiger partial charge is 0.349 e. The number of carbonyl (C=O) groups is 1. The van der Waals surface area contributed by atoms with Crippen LogP contribution in [-0.2, 0) is 0 Å². The topological polar surface area (TPSA) is 97.2 Å². The lowest BCUT2D eigenvalue weighted by Gasteiger charge is -2.32. The van der Waals surface area contributed by atoms with Gasteiger partial charge in [0.15, 0.2) is 11.4 Å². The van der Waals surface area contributed by atoms with E-state index in [1.807, 2.05) is 48.5 Å². The van der Waals surface area contributed by atoms with Gasteiger partial charge >= 0.3 is 6.03 Å². The molecular formula is C26H23N5O3. The van der Waals surface area contributed by atoms with Crippen LogP contribution in [0.15, 0.2) is 89.0 Å². The molecule has 0 radical (unpaired) electrons. The van der Waals surface area contributed by atoms with Gasteiger partial charge in [0.05, 0.1) is 29.0 Å². The largest absolute Gasteiger partial charge is 0.490 e. The predicted octanol–water partition coefficient (Wildman–Crippen LogP) is 5.46. The minimum Gasteiger partial charge on any atom is -0.490 e. The number of carbonyl (C=O) groups excluding carboxylic acids is 1. The van der Waals surface area contributed by atoms with E-state index >= 15 is 0 Å². The molecule has 3 aromatic carbocycles. The van der Waals surface area contributed by atoms with E-state index in [1.54, 1.807) is 36.1 Å². The highest BCUT2D eigenvalue weighted by molar-refractivity contribution is 6.07. The van der Waals surface area contributed by atoms with Crippen LogP contribution >= 0.6 is 0 Å². The lowest BCUT2D eigenvalue weighted by atomic mass is 10.0. The number of nitrogens with zero attached hydrogens (tertiary/aromatic N) is 4. The minimum atomic E-state index is -0.326. The molecule has 0 unspecified atom stereocenters. The maximum atomic E-state index is 13.8. The van der Waals surface area contributed by atoms with Gasteiger partial charge in [0.2, 0.25) is 0 Å². The summed E-state index contributed by atoms with van der Waals surface area (Å²) in [6.45, 7) is 6.29.